The molecule has 1 amide bonds. The predicted octanol–water partition coefficient (Wildman–Crippen LogP) is 3.51. The first-order valence-corrected chi connectivity index (χ1v) is 9.00. The van der Waals surface area contributed by atoms with E-state index in [0.29, 0.717) is 22.9 Å². The molecule has 2 aromatic heterocycles. The van der Waals surface area contributed by atoms with Crippen LogP contribution in [0.25, 0.3) is 11.4 Å². The maximum Gasteiger partial charge on any atom is 0.260 e. The van der Waals surface area contributed by atoms with Crippen molar-refractivity contribution in [2.75, 3.05) is 5.32 Å². The van der Waals surface area contributed by atoms with Crippen LogP contribution in [0, 0.1) is 19.7 Å². The number of amides is 1. The molecular formula is C19H15ClFN7O. The number of tetrazole rings is 1. The van der Waals surface area contributed by atoms with Gasteiger partial charge in [0, 0.05) is 0 Å². The molecule has 146 valence electrons. The van der Waals surface area contributed by atoms with Gasteiger partial charge in [-0.2, -0.15) is 9.78 Å². The molecule has 0 aliphatic rings. The van der Waals surface area contributed by atoms with E-state index in [2.05, 4.69) is 25.9 Å². The standard InChI is InChI=1S/C19H15ClFN7O/c1-11-17(18(20)28(24-11)13-6-4-3-5-7-13)19(29)22-16-10-14(8-9-15(16)21)27-12(2)23-25-26-27/h3-10H,1-2H3,(H,22,29). The second-order valence-electron chi connectivity index (χ2n) is 6.25. The van der Waals surface area contributed by atoms with E-state index in [0.717, 1.165) is 0 Å². The number of benzene rings is 2. The van der Waals surface area contributed by atoms with Crippen molar-refractivity contribution in [3.05, 3.63) is 76.6 Å². The third-order valence-corrected chi connectivity index (χ3v) is 4.65. The molecule has 0 fully saturated rings. The first-order chi connectivity index (χ1) is 14.0. The van der Waals surface area contributed by atoms with Gasteiger partial charge in [-0.05, 0) is 54.6 Å². The molecule has 0 aliphatic carbocycles. The molecule has 8 nitrogen and oxygen atoms in total. The van der Waals surface area contributed by atoms with Gasteiger partial charge in [-0.1, -0.05) is 29.8 Å². The van der Waals surface area contributed by atoms with Crippen molar-refractivity contribution in [2.24, 2.45) is 0 Å². The van der Waals surface area contributed by atoms with E-state index in [1.807, 2.05) is 30.3 Å². The molecule has 0 bridgehead atoms. The third-order valence-electron chi connectivity index (χ3n) is 4.30. The summed E-state index contributed by atoms with van der Waals surface area (Å²) in [6.07, 6.45) is 0. The lowest BCUT2D eigenvalue weighted by atomic mass is 10.2. The van der Waals surface area contributed by atoms with Gasteiger partial charge in [0.2, 0.25) is 0 Å². The number of nitrogens with one attached hydrogen (secondary N) is 1. The molecule has 0 saturated heterocycles. The number of aryl methyl sites for hydroxylation is 2. The molecule has 0 atom stereocenters. The van der Waals surface area contributed by atoms with Gasteiger partial charge < -0.3 is 5.32 Å². The van der Waals surface area contributed by atoms with Crippen molar-refractivity contribution in [3.8, 4) is 11.4 Å². The fraction of sp³-hybridized carbons (Fsp3) is 0.105. The lowest BCUT2D eigenvalue weighted by Crippen LogP contribution is -2.15. The van der Waals surface area contributed by atoms with Crippen molar-refractivity contribution >= 4 is 23.2 Å². The minimum absolute atomic E-state index is 0.0228. The molecule has 10 heteroatoms. The average molecular weight is 412 g/mol. The van der Waals surface area contributed by atoms with E-state index < -0.39 is 11.7 Å². The summed E-state index contributed by atoms with van der Waals surface area (Å²) in [6.45, 7) is 3.38. The van der Waals surface area contributed by atoms with Crippen LogP contribution in [0.2, 0.25) is 5.15 Å². The van der Waals surface area contributed by atoms with E-state index in [9.17, 15) is 9.18 Å². The van der Waals surface area contributed by atoms with Gasteiger partial charge in [0.15, 0.2) is 5.82 Å². The maximum atomic E-state index is 14.3. The normalized spacial score (nSPS) is 10.9. The molecule has 0 spiro atoms. The molecule has 0 aliphatic heterocycles. The third kappa shape index (κ3) is 3.47. The summed E-state index contributed by atoms with van der Waals surface area (Å²) in [5.74, 6) is -0.645. The van der Waals surface area contributed by atoms with Gasteiger partial charge in [-0.15, -0.1) is 5.10 Å². The molecule has 29 heavy (non-hydrogen) atoms. The molecule has 4 aromatic rings. The highest BCUT2D eigenvalue weighted by Crippen LogP contribution is 2.26. The number of carbonyl (C=O) groups excluding carboxylic acids is 1. The van der Waals surface area contributed by atoms with Crippen LogP contribution < -0.4 is 5.32 Å². The topological polar surface area (TPSA) is 90.5 Å². The number of hydrogen-bond acceptors (Lipinski definition) is 5. The number of halogens is 2. The largest absolute Gasteiger partial charge is 0.319 e. The number of carbonyl (C=O) groups is 1. The summed E-state index contributed by atoms with van der Waals surface area (Å²) in [5.41, 5.74) is 1.78. The molecule has 1 N–H and O–H groups in total. The molecule has 4 rings (SSSR count). The Morgan fingerprint density at radius 1 is 1.07 bits per heavy atom. The number of anilines is 1. The van der Waals surface area contributed by atoms with E-state index in [1.165, 1.54) is 27.6 Å². The molecule has 0 unspecified atom stereocenters. The summed E-state index contributed by atoms with van der Waals surface area (Å²) in [7, 11) is 0. The second kappa shape index (κ2) is 7.44. The molecule has 2 heterocycles. The Balaban J connectivity index is 1.67. The lowest BCUT2D eigenvalue weighted by Gasteiger charge is -2.09. The van der Waals surface area contributed by atoms with Gasteiger partial charge in [0.1, 0.15) is 16.5 Å². The Morgan fingerprint density at radius 3 is 2.52 bits per heavy atom. The van der Waals surface area contributed by atoms with E-state index in [-0.39, 0.29) is 16.4 Å². The van der Waals surface area contributed by atoms with Crippen LogP contribution in [0.5, 0.6) is 0 Å². The molecule has 2 aromatic carbocycles. The van der Waals surface area contributed by atoms with Crippen LogP contribution in [0.3, 0.4) is 0 Å². The van der Waals surface area contributed by atoms with E-state index >= 15 is 0 Å². The van der Waals surface area contributed by atoms with Crippen LogP contribution in [0.1, 0.15) is 21.9 Å². The van der Waals surface area contributed by atoms with Gasteiger partial charge in [-0.25, -0.2) is 9.07 Å². The van der Waals surface area contributed by atoms with Gasteiger partial charge in [0.25, 0.3) is 5.91 Å². The van der Waals surface area contributed by atoms with Crippen LogP contribution in [-0.4, -0.2) is 35.9 Å². The van der Waals surface area contributed by atoms with Crippen molar-refractivity contribution in [2.45, 2.75) is 13.8 Å². The zero-order chi connectivity index (χ0) is 20.5. The summed E-state index contributed by atoms with van der Waals surface area (Å²) in [6, 6.07) is 13.4. The number of nitrogens with zero attached hydrogens (tertiary/aromatic N) is 6. The first kappa shape index (κ1) is 18.8. The first-order valence-electron chi connectivity index (χ1n) is 8.62. The monoisotopic (exact) mass is 411 g/mol. The second-order valence-corrected chi connectivity index (χ2v) is 6.61. The Morgan fingerprint density at radius 2 is 1.83 bits per heavy atom. The number of hydrogen-bond donors (Lipinski definition) is 1. The Kier molecular flexibility index (Phi) is 4.81. The van der Waals surface area contributed by atoms with Crippen LogP contribution in [-0.2, 0) is 0 Å². The SMILES string of the molecule is Cc1nn(-c2ccccc2)c(Cl)c1C(=O)Nc1cc(-n2nnnc2C)ccc1F. The minimum atomic E-state index is -0.600. The minimum Gasteiger partial charge on any atom is -0.319 e. The van der Waals surface area contributed by atoms with Gasteiger partial charge in [-0.3, -0.25) is 4.79 Å². The van der Waals surface area contributed by atoms with Gasteiger partial charge in [0.05, 0.1) is 22.8 Å². The molecule has 0 radical (unpaired) electrons. The number of rotatable bonds is 4. The fourth-order valence-corrected chi connectivity index (χ4v) is 3.25. The molecular weight excluding hydrogens is 397 g/mol. The zero-order valence-electron chi connectivity index (χ0n) is 15.5. The van der Waals surface area contributed by atoms with Crippen LogP contribution in [0.4, 0.5) is 10.1 Å². The van der Waals surface area contributed by atoms with Crippen molar-refractivity contribution < 1.29 is 9.18 Å². The van der Waals surface area contributed by atoms with Crippen LogP contribution >= 0.6 is 11.6 Å². The van der Waals surface area contributed by atoms with Gasteiger partial charge >= 0.3 is 0 Å². The smallest absolute Gasteiger partial charge is 0.260 e. The Bertz CT molecular complexity index is 1200. The highest BCUT2D eigenvalue weighted by Gasteiger charge is 2.22. The van der Waals surface area contributed by atoms with E-state index in [4.69, 9.17) is 11.6 Å². The highest BCUT2D eigenvalue weighted by atomic mass is 35.5. The lowest BCUT2D eigenvalue weighted by molar-refractivity contribution is 0.102. The van der Waals surface area contributed by atoms with Crippen molar-refractivity contribution in [3.63, 3.8) is 0 Å². The predicted molar refractivity (Wildman–Crippen MR) is 105 cm³/mol. The fourth-order valence-electron chi connectivity index (χ4n) is 2.89. The average Bonchev–Trinajstić information content (AvgIpc) is 3.27. The van der Waals surface area contributed by atoms with E-state index in [1.54, 1.807) is 13.8 Å². The zero-order valence-corrected chi connectivity index (χ0v) is 16.2. The number of para-hydroxylation sites is 1. The summed E-state index contributed by atoms with van der Waals surface area (Å²) < 4.78 is 17.2. The Hall–Kier alpha value is -3.59. The quantitative estimate of drug-likeness (QED) is 0.555. The summed E-state index contributed by atoms with van der Waals surface area (Å²) in [4.78, 5) is 12.9. The maximum absolute atomic E-state index is 14.3. The summed E-state index contributed by atoms with van der Waals surface area (Å²) in [5, 5.41) is 18.2. The highest BCUT2D eigenvalue weighted by molar-refractivity contribution is 6.34. The Labute approximate surface area is 169 Å². The molecule has 0 saturated carbocycles. The number of aromatic nitrogens is 6. The van der Waals surface area contributed by atoms with Crippen molar-refractivity contribution in [1.29, 1.82) is 0 Å². The van der Waals surface area contributed by atoms with Crippen molar-refractivity contribution in [1.82, 2.24) is 30.0 Å². The summed E-state index contributed by atoms with van der Waals surface area (Å²) >= 11 is 6.41. The van der Waals surface area contributed by atoms with Crippen LogP contribution in [0.15, 0.2) is 48.5 Å².